The minimum atomic E-state index is -0.821. The van der Waals surface area contributed by atoms with Crippen molar-refractivity contribution >= 4 is 12.0 Å². The Kier molecular flexibility index (Phi) is 6.36. The third-order valence-electron chi connectivity index (χ3n) is 11.9. The van der Waals surface area contributed by atoms with Crippen LogP contribution < -0.4 is 9.64 Å². The predicted octanol–water partition coefficient (Wildman–Crippen LogP) is 5.44. The van der Waals surface area contributed by atoms with E-state index in [2.05, 4.69) is 47.9 Å². The number of fused-ring (bicyclic) bond motifs is 1. The van der Waals surface area contributed by atoms with Gasteiger partial charge in [-0.15, -0.1) is 0 Å². The molecule has 3 heterocycles. The SMILES string of the molecule is COc1ccc2c(c1)[C@]13CCN(CCCN(C(=O)O)C(C)(C)C)[C@H](C2)[C@]12CC[C@@H]1[C@H]3[C@@H](CN1c1nc(C)cc(C)n1)C2. The lowest BCUT2D eigenvalue weighted by Crippen LogP contribution is -2.69. The van der Waals surface area contributed by atoms with Crippen LogP contribution in [0.1, 0.15) is 75.4 Å². The second-order valence-corrected chi connectivity index (χ2v) is 14.8. The predicted molar refractivity (Wildman–Crippen MR) is 163 cm³/mol. The summed E-state index contributed by atoms with van der Waals surface area (Å²) in [4.78, 5) is 28.8. The number of aryl methyl sites for hydroxylation is 2. The van der Waals surface area contributed by atoms with Crippen molar-refractivity contribution in [3.8, 4) is 5.75 Å². The van der Waals surface area contributed by atoms with Crippen molar-refractivity contribution in [2.75, 3.05) is 38.2 Å². The van der Waals surface area contributed by atoms with Gasteiger partial charge in [0.1, 0.15) is 5.75 Å². The molecule has 0 unspecified atom stereocenters. The normalized spacial score (nSPS) is 32.9. The smallest absolute Gasteiger partial charge is 0.407 e. The van der Waals surface area contributed by atoms with Crippen LogP contribution in [0.15, 0.2) is 24.3 Å². The van der Waals surface area contributed by atoms with E-state index in [1.165, 1.54) is 24.8 Å². The molecule has 1 amide bonds. The first-order chi connectivity index (χ1) is 20.0. The Hall–Kier alpha value is -2.87. The lowest BCUT2D eigenvalue weighted by molar-refractivity contribution is -0.0916. The second-order valence-electron chi connectivity index (χ2n) is 14.8. The highest BCUT2D eigenvalue weighted by Crippen LogP contribution is 2.75. The van der Waals surface area contributed by atoms with Gasteiger partial charge >= 0.3 is 6.09 Å². The molecule has 8 heteroatoms. The zero-order chi connectivity index (χ0) is 29.6. The fraction of sp³-hybridized carbons (Fsp3) is 0.676. The Labute approximate surface area is 250 Å². The van der Waals surface area contributed by atoms with E-state index >= 15 is 0 Å². The quantitative estimate of drug-likeness (QED) is 0.493. The molecule has 42 heavy (non-hydrogen) atoms. The molecular weight excluding hydrogens is 526 g/mol. The Balaban J connectivity index is 1.25. The summed E-state index contributed by atoms with van der Waals surface area (Å²) in [5.41, 5.74) is 5.14. The summed E-state index contributed by atoms with van der Waals surface area (Å²) in [6.45, 7) is 13.8. The molecule has 226 valence electrons. The number of anilines is 1. The molecule has 2 aliphatic heterocycles. The number of ether oxygens (including phenoxy) is 1. The molecule has 1 N–H and O–H groups in total. The van der Waals surface area contributed by atoms with Crippen molar-refractivity contribution in [1.29, 1.82) is 0 Å². The molecule has 4 fully saturated rings. The second kappa shape index (κ2) is 9.57. The summed E-state index contributed by atoms with van der Waals surface area (Å²) >= 11 is 0. The average molecular weight is 574 g/mol. The van der Waals surface area contributed by atoms with Gasteiger partial charge in [-0.3, -0.25) is 4.90 Å². The molecule has 0 radical (unpaired) electrons. The molecule has 5 aliphatic rings. The number of benzene rings is 1. The van der Waals surface area contributed by atoms with Gasteiger partial charge in [0.15, 0.2) is 0 Å². The van der Waals surface area contributed by atoms with Crippen LogP contribution in [0.4, 0.5) is 10.7 Å². The van der Waals surface area contributed by atoms with Crippen molar-refractivity contribution in [3.05, 3.63) is 46.8 Å². The van der Waals surface area contributed by atoms with E-state index < -0.39 is 11.6 Å². The molecule has 4 bridgehead atoms. The topological polar surface area (TPSA) is 82.0 Å². The Bertz CT molecular complexity index is 1390. The summed E-state index contributed by atoms with van der Waals surface area (Å²) < 4.78 is 5.82. The summed E-state index contributed by atoms with van der Waals surface area (Å²) in [6, 6.07) is 9.92. The fourth-order valence-electron chi connectivity index (χ4n) is 10.7. The van der Waals surface area contributed by atoms with Crippen molar-refractivity contribution in [2.24, 2.45) is 17.3 Å². The molecule has 6 atom stereocenters. The maximum atomic E-state index is 12.0. The van der Waals surface area contributed by atoms with Crippen LogP contribution in [0, 0.1) is 31.1 Å². The number of likely N-dealkylation sites (tertiary alicyclic amines) is 1. The molecule has 3 aliphatic carbocycles. The van der Waals surface area contributed by atoms with Crippen molar-refractivity contribution < 1.29 is 14.6 Å². The number of rotatable bonds is 6. The molecular formula is C34H47N5O3. The van der Waals surface area contributed by atoms with Gasteiger partial charge in [0.25, 0.3) is 0 Å². The van der Waals surface area contributed by atoms with E-state index in [0.717, 1.165) is 62.0 Å². The van der Waals surface area contributed by atoms with Gasteiger partial charge in [0.05, 0.1) is 7.11 Å². The lowest BCUT2D eigenvalue weighted by Gasteiger charge is -2.66. The number of piperidine rings is 1. The third kappa shape index (κ3) is 3.85. The van der Waals surface area contributed by atoms with Crippen molar-refractivity contribution in [2.45, 2.75) is 96.2 Å². The Morgan fingerprint density at radius 1 is 1.17 bits per heavy atom. The van der Waals surface area contributed by atoms with E-state index in [9.17, 15) is 9.90 Å². The minimum absolute atomic E-state index is 0.135. The van der Waals surface area contributed by atoms with E-state index in [0.29, 0.717) is 30.5 Å². The lowest BCUT2D eigenvalue weighted by atomic mass is 9.43. The van der Waals surface area contributed by atoms with Gasteiger partial charge in [0.2, 0.25) is 5.95 Å². The van der Waals surface area contributed by atoms with E-state index in [4.69, 9.17) is 14.7 Å². The first kappa shape index (κ1) is 27.9. The number of aromatic nitrogens is 2. The molecule has 7 rings (SSSR count). The molecule has 1 aromatic carbocycles. The number of amides is 1. The number of nitrogens with zero attached hydrogens (tertiary/aromatic N) is 5. The monoisotopic (exact) mass is 573 g/mol. The van der Waals surface area contributed by atoms with E-state index in [1.54, 1.807) is 17.6 Å². The van der Waals surface area contributed by atoms with E-state index in [-0.39, 0.29) is 10.8 Å². The molecule has 2 saturated heterocycles. The highest BCUT2D eigenvalue weighted by molar-refractivity contribution is 5.66. The maximum Gasteiger partial charge on any atom is 0.407 e. The van der Waals surface area contributed by atoms with Gasteiger partial charge in [-0.1, -0.05) is 6.07 Å². The van der Waals surface area contributed by atoms with Crippen LogP contribution in [0.2, 0.25) is 0 Å². The van der Waals surface area contributed by atoms with Gasteiger partial charge in [0, 0.05) is 54.1 Å². The maximum absolute atomic E-state index is 12.0. The average Bonchev–Trinajstić information content (AvgIpc) is 3.37. The summed E-state index contributed by atoms with van der Waals surface area (Å²) in [6.07, 6.45) is 5.97. The van der Waals surface area contributed by atoms with Crippen molar-refractivity contribution in [1.82, 2.24) is 19.8 Å². The van der Waals surface area contributed by atoms with Crippen LogP contribution in [0.3, 0.4) is 0 Å². The fourth-order valence-corrected chi connectivity index (χ4v) is 10.7. The third-order valence-corrected chi connectivity index (χ3v) is 11.9. The zero-order valence-electron chi connectivity index (χ0n) is 26.2. The highest BCUT2D eigenvalue weighted by atomic mass is 16.5. The van der Waals surface area contributed by atoms with Crippen LogP contribution in [0.25, 0.3) is 0 Å². The Morgan fingerprint density at radius 2 is 1.93 bits per heavy atom. The highest BCUT2D eigenvalue weighted by Gasteiger charge is 2.76. The zero-order valence-corrected chi connectivity index (χ0v) is 26.2. The standard InChI is InChI=1S/C34H47N5O3/c1-21-16-22(2)36-30(35-21)38-20-24-19-33-11-10-27(38)29(24)34(33)12-15-37(13-7-14-39(31(40)41)32(3,4)5)28(33)17-23-8-9-25(42-6)18-26(23)34/h8-9,16,18,24,27-29H,7,10-15,17,19-20H2,1-6H3,(H,40,41)/t24-,27-,28-,29-,33-,34+/m1/s1. The number of methoxy groups -OCH3 is 1. The molecule has 8 nitrogen and oxygen atoms in total. The summed E-state index contributed by atoms with van der Waals surface area (Å²) in [5, 5.41) is 9.86. The van der Waals surface area contributed by atoms with Crippen molar-refractivity contribution in [3.63, 3.8) is 0 Å². The van der Waals surface area contributed by atoms with Crippen LogP contribution >= 0.6 is 0 Å². The number of hydrogen-bond acceptors (Lipinski definition) is 6. The molecule has 2 saturated carbocycles. The summed E-state index contributed by atoms with van der Waals surface area (Å²) in [5.74, 6) is 3.12. The molecule has 1 aromatic heterocycles. The first-order valence-corrected chi connectivity index (χ1v) is 16.0. The van der Waals surface area contributed by atoms with Crippen LogP contribution in [-0.4, -0.2) is 81.9 Å². The van der Waals surface area contributed by atoms with Gasteiger partial charge < -0.3 is 19.6 Å². The number of carboxylic acid groups (broad SMARTS) is 1. The molecule has 0 spiro atoms. The number of hydrogen-bond donors (Lipinski definition) is 1. The van der Waals surface area contributed by atoms with Gasteiger partial charge in [-0.2, -0.15) is 0 Å². The summed E-state index contributed by atoms with van der Waals surface area (Å²) in [7, 11) is 1.79. The van der Waals surface area contributed by atoms with Crippen LogP contribution in [-0.2, 0) is 11.8 Å². The van der Waals surface area contributed by atoms with Gasteiger partial charge in [-0.25, -0.2) is 14.8 Å². The number of carbonyl (C=O) groups is 1. The first-order valence-electron chi connectivity index (χ1n) is 16.0. The molecule has 2 aromatic rings. The minimum Gasteiger partial charge on any atom is -0.497 e. The van der Waals surface area contributed by atoms with E-state index in [1.807, 2.05) is 20.8 Å². The Morgan fingerprint density at radius 3 is 2.62 bits per heavy atom. The van der Waals surface area contributed by atoms with Gasteiger partial charge in [-0.05, 0) is 126 Å². The van der Waals surface area contributed by atoms with Crippen LogP contribution in [0.5, 0.6) is 5.75 Å². The largest absolute Gasteiger partial charge is 0.497 e.